The van der Waals surface area contributed by atoms with Gasteiger partial charge in [-0.3, -0.25) is 0 Å². The van der Waals surface area contributed by atoms with E-state index in [1.807, 2.05) is 11.3 Å². The van der Waals surface area contributed by atoms with Crippen molar-refractivity contribution < 1.29 is 0 Å². The molecule has 0 aliphatic rings. The molecule has 0 spiro atoms. The van der Waals surface area contributed by atoms with Gasteiger partial charge in [-0.25, -0.2) is 0 Å². The first-order chi connectivity index (χ1) is 27.3. The van der Waals surface area contributed by atoms with Crippen LogP contribution in [0.5, 0.6) is 0 Å². The summed E-state index contributed by atoms with van der Waals surface area (Å²) in [5.41, 5.74) is 11.3. The molecule has 260 valence electrons. The second-order valence-corrected chi connectivity index (χ2v) is 14.8. The zero-order valence-corrected chi connectivity index (χ0v) is 30.9. The summed E-state index contributed by atoms with van der Waals surface area (Å²) >= 11 is 1.88. The maximum atomic E-state index is 2.47. The van der Waals surface area contributed by atoms with Crippen LogP contribution in [0.3, 0.4) is 0 Å². The molecular formula is C52H36N2S. The Hall–Kier alpha value is -6.94. The van der Waals surface area contributed by atoms with Crippen molar-refractivity contribution in [1.29, 1.82) is 0 Å². The highest BCUT2D eigenvalue weighted by atomic mass is 32.1. The number of rotatable bonds is 8. The predicted octanol–water partition coefficient (Wildman–Crippen LogP) is 15.5. The van der Waals surface area contributed by atoms with E-state index in [1.54, 1.807) is 0 Å². The average Bonchev–Trinajstić information content (AvgIpc) is 3.65. The van der Waals surface area contributed by atoms with Crippen LogP contribution in [0.15, 0.2) is 218 Å². The molecule has 1 heterocycles. The van der Waals surface area contributed by atoms with Crippen LogP contribution in [0, 0.1) is 0 Å². The first-order valence-corrected chi connectivity index (χ1v) is 19.5. The normalized spacial score (nSPS) is 11.3. The highest BCUT2D eigenvalue weighted by Gasteiger charge is 2.25. The molecule has 0 unspecified atom stereocenters. The van der Waals surface area contributed by atoms with Gasteiger partial charge in [0.25, 0.3) is 0 Å². The Morgan fingerprint density at radius 2 is 0.818 bits per heavy atom. The lowest BCUT2D eigenvalue weighted by Crippen LogP contribution is -2.14. The van der Waals surface area contributed by atoms with Crippen LogP contribution in [0.4, 0.5) is 34.1 Å². The lowest BCUT2D eigenvalue weighted by Gasteiger charge is -2.32. The highest BCUT2D eigenvalue weighted by Crippen LogP contribution is 2.52. The van der Waals surface area contributed by atoms with Gasteiger partial charge >= 0.3 is 0 Å². The van der Waals surface area contributed by atoms with E-state index in [4.69, 9.17) is 0 Å². The van der Waals surface area contributed by atoms with E-state index < -0.39 is 0 Å². The topological polar surface area (TPSA) is 6.48 Å². The Kier molecular flexibility index (Phi) is 8.40. The van der Waals surface area contributed by atoms with Crippen molar-refractivity contribution in [2.24, 2.45) is 0 Å². The standard InChI is InChI=1S/C52H36N2S/c1-5-19-37(20-6-1)43-28-15-17-31-47(43)53(40-24-9-3-10-25-40)42-35-49(51-46-34-33-39-23-13-14-30-45(39)52(46)55-50(51)36-42)54(41-26-11-4-12-27-41)48-32-18-16-29-44(48)38-21-7-2-8-22-38/h1-36H. The molecule has 1 aromatic heterocycles. The molecule has 0 bridgehead atoms. The smallest absolute Gasteiger partial charge is 0.0575 e. The molecule has 0 saturated carbocycles. The number of hydrogen-bond donors (Lipinski definition) is 0. The fraction of sp³-hybridized carbons (Fsp3) is 0. The molecule has 0 fully saturated rings. The molecule has 0 aliphatic heterocycles. The van der Waals surface area contributed by atoms with Gasteiger partial charge in [0.2, 0.25) is 0 Å². The third-order valence-corrected chi connectivity index (χ3v) is 11.6. The van der Waals surface area contributed by atoms with Crippen LogP contribution in [0.25, 0.3) is 53.2 Å². The average molecular weight is 721 g/mol. The van der Waals surface area contributed by atoms with Crippen molar-refractivity contribution in [2.45, 2.75) is 0 Å². The minimum Gasteiger partial charge on any atom is -0.310 e. The summed E-state index contributed by atoms with van der Waals surface area (Å²) in [6.45, 7) is 0. The summed E-state index contributed by atoms with van der Waals surface area (Å²) in [5, 5.41) is 5.03. The molecule has 0 aliphatic carbocycles. The van der Waals surface area contributed by atoms with Crippen molar-refractivity contribution in [3.63, 3.8) is 0 Å². The van der Waals surface area contributed by atoms with E-state index in [1.165, 1.54) is 53.2 Å². The van der Waals surface area contributed by atoms with Crippen molar-refractivity contribution in [1.82, 2.24) is 0 Å². The van der Waals surface area contributed by atoms with E-state index in [-0.39, 0.29) is 0 Å². The van der Waals surface area contributed by atoms with Gasteiger partial charge in [-0.2, -0.15) is 0 Å². The molecule has 9 aromatic carbocycles. The number of para-hydroxylation sites is 4. The molecule has 0 atom stereocenters. The lowest BCUT2D eigenvalue weighted by molar-refractivity contribution is 1.26. The highest BCUT2D eigenvalue weighted by molar-refractivity contribution is 7.26. The van der Waals surface area contributed by atoms with Gasteiger partial charge in [0.15, 0.2) is 0 Å². The predicted molar refractivity (Wildman–Crippen MR) is 237 cm³/mol. The van der Waals surface area contributed by atoms with E-state index in [9.17, 15) is 0 Å². The Labute approximate surface area is 325 Å². The van der Waals surface area contributed by atoms with E-state index in [0.29, 0.717) is 0 Å². The number of fused-ring (bicyclic) bond motifs is 5. The Morgan fingerprint density at radius 3 is 1.44 bits per heavy atom. The summed E-state index contributed by atoms with van der Waals surface area (Å²) in [4.78, 5) is 4.90. The number of thiophene rings is 1. The first-order valence-electron chi connectivity index (χ1n) is 18.7. The number of nitrogens with zero attached hydrogens (tertiary/aromatic N) is 2. The van der Waals surface area contributed by atoms with Gasteiger partial charge in [0.05, 0.1) is 17.1 Å². The second kappa shape index (κ2) is 14.1. The monoisotopic (exact) mass is 720 g/mol. The van der Waals surface area contributed by atoms with Crippen LogP contribution in [0.1, 0.15) is 0 Å². The molecule has 3 heteroatoms. The summed E-state index contributed by atoms with van der Waals surface area (Å²) in [6, 6.07) is 78.8. The van der Waals surface area contributed by atoms with Gasteiger partial charge in [-0.1, -0.05) is 170 Å². The maximum absolute atomic E-state index is 2.47. The quantitative estimate of drug-likeness (QED) is 0.154. The Bertz CT molecular complexity index is 2920. The number of benzene rings is 9. The molecule has 0 saturated heterocycles. The van der Waals surface area contributed by atoms with Crippen LogP contribution in [-0.4, -0.2) is 0 Å². The fourth-order valence-corrected chi connectivity index (χ4v) is 9.25. The van der Waals surface area contributed by atoms with Gasteiger partial charge in [-0.05, 0) is 70.4 Å². The zero-order valence-electron chi connectivity index (χ0n) is 30.1. The van der Waals surface area contributed by atoms with E-state index >= 15 is 0 Å². The number of anilines is 6. The lowest BCUT2D eigenvalue weighted by atomic mass is 9.99. The first kappa shape index (κ1) is 32.7. The van der Waals surface area contributed by atoms with Crippen molar-refractivity contribution in [3.05, 3.63) is 218 Å². The van der Waals surface area contributed by atoms with Crippen LogP contribution >= 0.6 is 11.3 Å². The third-order valence-electron chi connectivity index (χ3n) is 10.4. The van der Waals surface area contributed by atoms with Crippen LogP contribution in [-0.2, 0) is 0 Å². The maximum Gasteiger partial charge on any atom is 0.0575 e. The Balaban J connectivity index is 1.33. The summed E-state index contributed by atoms with van der Waals surface area (Å²) in [5.74, 6) is 0. The summed E-state index contributed by atoms with van der Waals surface area (Å²) in [7, 11) is 0. The minimum absolute atomic E-state index is 1.09. The molecule has 10 rings (SSSR count). The van der Waals surface area contributed by atoms with Gasteiger partial charge in [-0.15, -0.1) is 11.3 Å². The molecule has 2 nitrogen and oxygen atoms in total. The van der Waals surface area contributed by atoms with Crippen molar-refractivity contribution in [2.75, 3.05) is 9.80 Å². The third kappa shape index (κ3) is 5.92. The Morgan fingerprint density at radius 1 is 0.327 bits per heavy atom. The molecule has 55 heavy (non-hydrogen) atoms. The fourth-order valence-electron chi connectivity index (χ4n) is 7.95. The van der Waals surface area contributed by atoms with Gasteiger partial charge in [0.1, 0.15) is 0 Å². The molecule has 0 amide bonds. The zero-order chi connectivity index (χ0) is 36.6. The molecule has 10 aromatic rings. The SMILES string of the molecule is c1ccc(-c2ccccc2N(c2ccccc2)c2cc(N(c3ccccc3)c3ccccc3-c3ccccc3)c3c(c2)sc2c4ccccc4ccc23)cc1. The largest absolute Gasteiger partial charge is 0.310 e. The van der Waals surface area contributed by atoms with E-state index in [2.05, 4.69) is 228 Å². The summed E-state index contributed by atoms with van der Waals surface area (Å²) < 4.78 is 2.53. The summed E-state index contributed by atoms with van der Waals surface area (Å²) in [6.07, 6.45) is 0. The van der Waals surface area contributed by atoms with Crippen molar-refractivity contribution >= 4 is 76.4 Å². The van der Waals surface area contributed by atoms with Crippen LogP contribution in [0.2, 0.25) is 0 Å². The molecule has 0 radical (unpaired) electrons. The van der Waals surface area contributed by atoms with Crippen molar-refractivity contribution in [3.8, 4) is 22.3 Å². The van der Waals surface area contributed by atoms with Crippen LogP contribution < -0.4 is 9.80 Å². The van der Waals surface area contributed by atoms with Gasteiger partial charge < -0.3 is 9.80 Å². The second-order valence-electron chi connectivity index (χ2n) is 13.7. The number of hydrogen-bond acceptors (Lipinski definition) is 3. The van der Waals surface area contributed by atoms with Gasteiger partial charge in [0, 0.05) is 48.4 Å². The molecular weight excluding hydrogens is 685 g/mol. The minimum atomic E-state index is 1.09. The molecule has 0 N–H and O–H groups in total. The van der Waals surface area contributed by atoms with E-state index in [0.717, 1.165) is 34.1 Å².